The van der Waals surface area contributed by atoms with Gasteiger partial charge in [0.2, 0.25) is 5.91 Å². The zero-order chi connectivity index (χ0) is 21.8. The van der Waals surface area contributed by atoms with E-state index in [0.717, 1.165) is 16.8 Å². The summed E-state index contributed by atoms with van der Waals surface area (Å²) in [6, 6.07) is 14.2. The summed E-state index contributed by atoms with van der Waals surface area (Å²) in [6.45, 7) is 5.61. The average molecular weight is 405 g/mol. The number of nitriles is 1. The zero-order valence-electron chi connectivity index (χ0n) is 17.1. The maximum Gasteiger partial charge on any atom is 0.312 e. The molecule has 7 heteroatoms. The van der Waals surface area contributed by atoms with Crippen molar-refractivity contribution in [2.24, 2.45) is 5.92 Å². The summed E-state index contributed by atoms with van der Waals surface area (Å²) in [5.41, 5.74) is 3.70. The van der Waals surface area contributed by atoms with E-state index < -0.39 is 23.9 Å². The van der Waals surface area contributed by atoms with Gasteiger partial charge in [-0.05, 0) is 56.2 Å². The van der Waals surface area contributed by atoms with Gasteiger partial charge in [-0.2, -0.15) is 5.26 Å². The normalized spacial score (nSPS) is 16.7. The maximum absolute atomic E-state index is 12.6. The summed E-state index contributed by atoms with van der Waals surface area (Å²) in [4.78, 5) is 39.0. The van der Waals surface area contributed by atoms with E-state index in [1.165, 1.54) is 13.0 Å². The fraction of sp³-hybridized carbons (Fsp3) is 0.304. The molecule has 2 aromatic rings. The van der Waals surface area contributed by atoms with Gasteiger partial charge in [0, 0.05) is 24.3 Å². The van der Waals surface area contributed by atoms with Crippen molar-refractivity contribution in [3.63, 3.8) is 0 Å². The molecule has 1 aliphatic heterocycles. The summed E-state index contributed by atoms with van der Waals surface area (Å²) in [7, 11) is 0. The predicted octanol–water partition coefficient (Wildman–Crippen LogP) is 3.10. The van der Waals surface area contributed by atoms with E-state index in [1.807, 2.05) is 38.1 Å². The Morgan fingerprint density at radius 2 is 1.97 bits per heavy atom. The van der Waals surface area contributed by atoms with E-state index in [0.29, 0.717) is 11.3 Å². The lowest BCUT2D eigenvalue weighted by molar-refractivity contribution is -0.157. The molecule has 0 radical (unpaired) electrons. The van der Waals surface area contributed by atoms with Crippen LogP contribution >= 0.6 is 0 Å². The van der Waals surface area contributed by atoms with Crippen LogP contribution in [0.15, 0.2) is 42.5 Å². The molecule has 0 aromatic heterocycles. The molecule has 3 rings (SSSR count). The van der Waals surface area contributed by atoms with E-state index in [4.69, 9.17) is 10.00 Å². The number of hydrogen-bond donors (Lipinski definition) is 1. The Kier molecular flexibility index (Phi) is 6.17. The molecule has 0 aliphatic carbocycles. The van der Waals surface area contributed by atoms with Crippen molar-refractivity contribution in [1.82, 2.24) is 0 Å². The maximum atomic E-state index is 12.6. The molecule has 0 unspecified atom stereocenters. The van der Waals surface area contributed by atoms with Crippen molar-refractivity contribution < 1.29 is 19.1 Å². The summed E-state index contributed by atoms with van der Waals surface area (Å²) in [6.07, 6.45) is -0.988. The topological polar surface area (TPSA) is 99.5 Å². The second-order valence-corrected chi connectivity index (χ2v) is 7.39. The fourth-order valence-corrected chi connectivity index (χ4v) is 3.36. The first-order chi connectivity index (χ1) is 14.3. The highest BCUT2D eigenvalue weighted by molar-refractivity contribution is 6.01. The van der Waals surface area contributed by atoms with Gasteiger partial charge in [0.15, 0.2) is 6.10 Å². The Morgan fingerprint density at radius 1 is 1.23 bits per heavy atom. The van der Waals surface area contributed by atoms with Gasteiger partial charge in [-0.1, -0.05) is 18.2 Å². The molecule has 0 bridgehead atoms. The molecule has 2 amide bonds. The molecule has 30 heavy (non-hydrogen) atoms. The number of aryl methyl sites for hydroxylation is 1. The first-order valence-electron chi connectivity index (χ1n) is 9.68. The standard InChI is InChI=1S/C23H23N3O4/c1-14-6-4-9-20(15(14)2)26-13-18(11-21(26)27)23(29)30-16(3)22(28)25-19-8-5-7-17(10-19)12-24/h4-10,16,18H,11,13H2,1-3H3,(H,25,28)/t16-,18-/m0/s1. The molecular weight excluding hydrogens is 382 g/mol. The Bertz CT molecular complexity index is 1040. The molecule has 1 aliphatic rings. The van der Waals surface area contributed by atoms with Crippen LogP contribution in [0.1, 0.15) is 30.0 Å². The van der Waals surface area contributed by atoms with E-state index in [1.54, 1.807) is 23.1 Å². The van der Waals surface area contributed by atoms with Gasteiger partial charge in [-0.15, -0.1) is 0 Å². The van der Waals surface area contributed by atoms with Crippen molar-refractivity contribution in [2.45, 2.75) is 33.3 Å². The third-order valence-electron chi connectivity index (χ3n) is 5.25. The first kappa shape index (κ1) is 21.1. The number of carbonyl (C=O) groups is 3. The zero-order valence-corrected chi connectivity index (χ0v) is 17.1. The van der Waals surface area contributed by atoms with Gasteiger partial charge < -0.3 is 15.0 Å². The molecule has 0 spiro atoms. The number of hydrogen-bond acceptors (Lipinski definition) is 5. The highest BCUT2D eigenvalue weighted by atomic mass is 16.5. The molecule has 7 nitrogen and oxygen atoms in total. The lowest BCUT2D eigenvalue weighted by Gasteiger charge is -2.20. The van der Waals surface area contributed by atoms with Crippen LogP contribution in [0, 0.1) is 31.1 Å². The Balaban J connectivity index is 1.61. The fourth-order valence-electron chi connectivity index (χ4n) is 3.36. The third kappa shape index (κ3) is 4.49. The van der Waals surface area contributed by atoms with Crippen LogP contribution in [0.2, 0.25) is 0 Å². The Labute approximate surface area is 175 Å². The van der Waals surface area contributed by atoms with E-state index in [9.17, 15) is 14.4 Å². The van der Waals surface area contributed by atoms with Crippen LogP contribution in [0.5, 0.6) is 0 Å². The lowest BCUT2D eigenvalue weighted by atomic mass is 10.1. The second kappa shape index (κ2) is 8.78. The van der Waals surface area contributed by atoms with Gasteiger partial charge in [-0.3, -0.25) is 14.4 Å². The smallest absolute Gasteiger partial charge is 0.312 e. The van der Waals surface area contributed by atoms with Crippen molar-refractivity contribution in [3.8, 4) is 6.07 Å². The molecule has 154 valence electrons. The quantitative estimate of drug-likeness (QED) is 0.771. The van der Waals surface area contributed by atoms with Crippen LogP contribution in [0.3, 0.4) is 0 Å². The minimum absolute atomic E-state index is 0.0464. The molecule has 1 N–H and O–H groups in total. The number of carbonyl (C=O) groups excluding carboxylic acids is 3. The van der Waals surface area contributed by atoms with Crippen LogP contribution in [0.4, 0.5) is 11.4 Å². The molecule has 1 saturated heterocycles. The number of benzene rings is 2. The number of amides is 2. The highest BCUT2D eigenvalue weighted by Crippen LogP contribution is 2.30. The molecule has 1 fully saturated rings. The lowest BCUT2D eigenvalue weighted by Crippen LogP contribution is -2.33. The van der Waals surface area contributed by atoms with Crippen molar-refractivity contribution in [2.75, 3.05) is 16.8 Å². The summed E-state index contributed by atoms with van der Waals surface area (Å²) in [5.74, 6) is -1.86. The summed E-state index contributed by atoms with van der Waals surface area (Å²) in [5, 5.41) is 11.6. The molecular formula is C23H23N3O4. The largest absolute Gasteiger partial charge is 0.452 e. The second-order valence-electron chi connectivity index (χ2n) is 7.39. The van der Waals surface area contributed by atoms with Gasteiger partial charge in [0.05, 0.1) is 17.6 Å². The highest BCUT2D eigenvalue weighted by Gasteiger charge is 2.37. The molecule has 0 saturated carbocycles. The van der Waals surface area contributed by atoms with Crippen molar-refractivity contribution in [3.05, 3.63) is 59.2 Å². The van der Waals surface area contributed by atoms with E-state index >= 15 is 0 Å². The minimum Gasteiger partial charge on any atom is -0.452 e. The summed E-state index contributed by atoms with van der Waals surface area (Å²) < 4.78 is 5.32. The summed E-state index contributed by atoms with van der Waals surface area (Å²) >= 11 is 0. The van der Waals surface area contributed by atoms with Gasteiger partial charge in [0.1, 0.15) is 0 Å². The van der Waals surface area contributed by atoms with Crippen LogP contribution in [-0.4, -0.2) is 30.4 Å². The molecule has 2 atom stereocenters. The third-order valence-corrected chi connectivity index (χ3v) is 5.25. The van der Waals surface area contributed by atoms with Crippen molar-refractivity contribution in [1.29, 1.82) is 5.26 Å². The number of anilines is 2. The van der Waals surface area contributed by atoms with Crippen LogP contribution in [0.25, 0.3) is 0 Å². The number of rotatable bonds is 5. The Hall–Kier alpha value is -3.66. The number of esters is 1. The number of nitrogens with one attached hydrogen (secondary N) is 1. The van der Waals surface area contributed by atoms with E-state index in [2.05, 4.69) is 5.32 Å². The number of nitrogens with zero attached hydrogens (tertiary/aromatic N) is 2. The van der Waals surface area contributed by atoms with Crippen LogP contribution < -0.4 is 10.2 Å². The van der Waals surface area contributed by atoms with E-state index in [-0.39, 0.29) is 18.9 Å². The van der Waals surface area contributed by atoms with Gasteiger partial charge in [0.25, 0.3) is 5.91 Å². The SMILES string of the molecule is Cc1cccc(N2C[C@@H](C(=O)O[C@@H](C)C(=O)Nc3cccc(C#N)c3)CC2=O)c1C. The van der Waals surface area contributed by atoms with Gasteiger partial charge in [-0.25, -0.2) is 0 Å². The molecule has 1 heterocycles. The van der Waals surface area contributed by atoms with Crippen LogP contribution in [-0.2, 0) is 19.1 Å². The van der Waals surface area contributed by atoms with Crippen molar-refractivity contribution >= 4 is 29.2 Å². The predicted molar refractivity (Wildman–Crippen MR) is 112 cm³/mol. The molecule has 2 aromatic carbocycles. The minimum atomic E-state index is -1.03. The monoisotopic (exact) mass is 405 g/mol. The van der Waals surface area contributed by atoms with Gasteiger partial charge >= 0.3 is 5.97 Å². The first-order valence-corrected chi connectivity index (χ1v) is 9.68. The number of ether oxygens (including phenoxy) is 1. The Morgan fingerprint density at radius 3 is 2.70 bits per heavy atom. The average Bonchev–Trinajstić information content (AvgIpc) is 3.11.